The zero-order valence-electron chi connectivity index (χ0n) is 12.7. The first-order valence-electron chi connectivity index (χ1n) is 7.23. The summed E-state index contributed by atoms with van der Waals surface area (Å²) >= 11 is 0. The first-order valence-corrected chi connectivity index (χ1v) is 7.23. The number of allylic oxidation sites excluding steroid dienone is 1. The molecule has 3 rings (SSSR count). The van der Waals surface area contributed by atoms with Gasteiger partial charge in [-0.15, -0.1) is 5.10 Å². The van der Waals surface area contributed by atoms with Crippen LogP contribution in [-0.4, -0.2) is 42.1 Å². The first kappa shape index (κ1) is 14.9. The summed E-state index contributed by atoms with van der Waals surface area (Å²) in [4.78, 5) is 19.5. The predicted octanol–water partition coefficient (Wildman–Crippen LogP) is 1.19. The van der Waals surface area contributed by atoms with Gasteiger partial charge in [-0.1, -0.05) is 11.3 Å². The molecule has 0 radical (unpaired) electrons. The maximum atomic E-state index is 11.2. The summed E-state index contributed by atoms with van der Waals surface area (Å²) in [5, 5.41) is 9.15. The summed E-state index contributed by atoms with van der Waals surface area (Å²) in [6.07, 6.45) is 10.2. The number of aromatic nitrogens is 6. The molecular formula is C15H16N6O2. The Morgan fingerprint density at radius 2 is 2.35 bits per heavy atom. The molecule has 3 aromatic heterocycles. The van der Waals surface area contributed by atoms with Crippen LogP contribution in [-0.2, 0) is 22.6 Å². The summed E-state index contributed by atoms with van der Waals surface area (Å²) in [5.41, 5.74) is 1.67. The van der Waals surface area contributed by atoms with Crippen molar-refractivity contribution in [2.24, 2.45) is 0 Å². The molecule has 8 nitrogen and oxygen atoms in total. The standard InChI is InChI=1S/C15H16N6O2/c1-2-23-14(22)4-3-6-21-10-13(18-19-21)9-20-7-5-12-8-16-11-17-15(12)20/h3-5,7-8,10-11H,2,6,9H2,1H3/b4-3+. The molecule has 0 unspecified atom stereocenters. The number of carbonyl (C=O) groups excluding carboxylic acids is 1. The quantitative estimate of drug-likeness (QED) is 0.502. The molecule has 0 aliphatic carbocycles. The smallest absolute Gasteiger partial charge is 0.330 e. The van der Waals surface area contributed by atoms with E-state index in [1.165, 1.54) is 12.4 Å². The normalized spacial score (nSPS) is 11.3. The van der Waals surface area contributed by atoms with Crippen LogP contribution in [0, 0.1) is 0 Å². The Hall–Kier alpha value is -3.03. The van der Waals surface area contributed by atoms with Crippen LogP contribution in [0.2, 0.25) is 0 Å². The number of fused-ring (bicyclic) bond motifs is 1. The van der Waals surface area contributed by atoms with Crippen LogP contribution in [0.15, 0.2) is 43.1 Å². The number of esters is 1. The van der Waals surface area contributed by atoms with Crippen molar-refractivity contribution in [2.45, 2.75) is 20.0 Å². The van der Waals surface area contributed by atoms with Crippen molar-refractivity contribution >= 4 is 17.0 Å². The van der Waals surface area contributed by atoms with Crippen LogP contribution < -0.4 is 0 Å². The number of carbonyl (C=O) groups is 1. The van der Waals surface area contributed by atoms with E-state index in [9.17, 15) is 4.79 Å². The fourth-order valence-corrected chi connectivity index (χ4v) is 2.18. The zero-order valence-corrected chi connectivity index (χ0v) is 12.7. The monoisotopic (exact) mass is 312 g/mol. The Morgan fingerprint density at radius 3 is 3.22 bits per heavy atom. The summed E-state index contributed by atoms with van der Waals surface area (Å²) in [5.74, 6) is -0.355. The van der Waals surface area contributed by atoms with E-state index in [0.29, 0.717) is 19.7 Å². The van der Waals surface area contributed by atoms with E-state index in [1.807, 2.05) is 23.0 Å². The molecule has 118 valence electrons. The molecule has 0 fully saturated rings. The third kappa shape index (κ3) is 3.60. The Bertz CT molecular complexity index is 835. The fourth-order valence-electron chi connectivity index (χ4n) is 2.18. The van der Waals surface area contributed by atoms with Crippen molar-refractivity contribution < 1.29 is 9.53 Å². The van der Waals surface area contributed by atoms with Crippen molar-refractivity contribution in [1.29, 1.82) is 0 Å². The Morgan fingerprint density at radius 1 is 1.43 bits per heavy atom. The van der Waals surface area contributed by atoms with E-state index < -0.39 is 0 Å². The summed E-state index contributed by atoms with van der Waals surface area (Å²) in [6.45, 7) is 3.17. The largest absolute Gasteiger partial charge is 0.463 e. The molecular weight excluding hydrogens is 296 g/mol. The molecule has 23 heavy (non-hydrogen) atoms. The van der Waals surface area contributed by atoms with Gasteiger partial charge in [-0.3, -0.25) is 0 Å². The van der Waals surface area contributed by atoms with E-state index in [4.69, 9.17) is 4.74 Å². The van der Waals surface area contributed by atoms with Crippen LogP contribution >= 0.6 is 0 Å². The lowest BCUT2D eigenvalue weighted by atomic mass is 10.4. The number of ether oxygens (including phenoxy) is 1. The van der Waals surface area contributed by atoms with Crippen molar-refractivity contribution in [1.82, 2.24) is 29.5 Å². The Labute approximate surface area is 132 Å². The molecule has 8 heteroatoms. The van der Waals surface area contributed by atoms with Gasteiger partial charge in [0.1, 0.15) is 17.7 Å². The number of hydrogen-bond acceptors (Lipinski definition) is 6. The van der Waals surface area contributed by atoms with E-state index >= 15 is 0 Å². The zero-order chi connectivity index (χ0) is 16.1. The predicted molar refractivity (Wildman–Crippen MR) is 82.4 cm³/mol. The highest BCUT2D eigenvalue weighted by Gasteiger charge is 2.05. The van der Waals surface area contributed by atoms with Gasteiger partial charge in [0, 0.05) is 23.9 Å². The molecule has 0 spiro atoms. The van der Waals surface area contributed by atoms with Crippen LogP contribution in [0.5, 0.6) is 0 Å². The number of nitrogens with zero attached hydrogens (tertiary/aromatic N) is 6. The van der Waals surface area contributed by atoms with Gasteiger partial charge in [0.2, 0.25) is 0 Å². The third-order valence-electron chi connectivity index (χ3n) is 3.18. The van der Waals surface area contributed by atoms with Gasteiger partial charge in [-0.2, -0.15) is 0 Å². The Balaban J connectivity index is 1.64. The average molecular weight is 312 g/mol. The third-order valence-corrected chi connectivity index (χ3v) is 3.18. The Kier molecular flexibility index (Phi) is 4.41. The van der Waals surface area contributed by atoms with Crippen molar-refractivity contribution in [3.8, 4) is 0 Å². The lowest BCUT2D eigenvalue weighted by Crippen LogP contribution is -2.01. The minimum Gasteiger partial charge on any atom is -0.463 e. The SMILES string of the molecule is CCOC(=O)/C=C/Cn1cc(Cn2ccc3cncnc32)nn1. The van der Waals surface area contributed by atoms with Gasteiger partial charge in [0.05, 0.1) is 25.9 Å². The summed E-state index contributed by atoms with van der Waals surface area (Å²) < 4.78 is 8.45. The molecule has 0 saturated carbocycles. The van der Waals surface area contributed by atoms with Gasteiger partial charge < -0.3 is 9.30 Å². The molecule has 3 heterocycles. The van der Waals surface area contributed by atoms with Gasteiger partial charge in [-0.05, 0) is 13.0 Å². The fraction of sp³-hybridized carbons (Fsp3) is 0.267. The molecule has 0 aromatic carbocycles. The summed E-state index contributed by atoms with van der Waals surface area (Å²) in [6, 6.07) is 1.96. The molecule has 0 aliphatic heterocycles. The van der Waals surface area contributed by atoms with Gasteiger partial charge in [0.15, 0.2) is 0 Å². The molecule has 0 bridgehead atoms. The van der Waals surface area contributed by atoms with E-state index in [-0.39, 0.29) is 5.97 Å². The second-order valence-electron chi connectivity index (χ2n) is 4.83. The van der Waals surface area contributed by atoms with Crippen molar-refractivity contribution in [3.63, 3.8) is 0 Å². The highest BCUT2D eigenvalue weighted by atomic mass is 16.5. The van der Waals surface area contributed by atoms with Gasteiger partial charge >= 0.3 is 5.97 Å². The molecule has 0 atom stereocenters. The minimum absolute atomic E-state index is 0.355. The second kappa shape index (κ2) is 6.82. The number of rotatable bonds is 6. The van der Waals surface area contributed by atoms with Crippen LogP contribution in [0.4, 0.5) is 0 Å². The highest BCUT2D eigenvalue weighted by Crippen LogP contribution is 2.12. The maximum Gasteiger partial charge on any atom is 0.330 e. The lowest BCUT2D eigenvalue weighted by molar-refractivity contribution is -0.137. The molecule has 0 saturated heterocycles. The molecule has 3 aromatic rings. The summed E-state index contributed by atoms with van der Waals surface area (Å²) in [7, 11) is 0. The second-order valence-corrected chi connectivity index (χ2v) is 4.83. The van der Waals surface area contributed by atoms with Crippen LogP contribution in [0.1, 0.15) is 12.6 Å². The first-order chi connectivity index (χ1) is 11.3. The molecule has 0 aliphatic rings. The topological polar surface area (TPSA) is 87.7 Å². The van der Waals surface area contributed by atoms with Crippen LogP contribution in [0.25, 0.3) is 11.0 Å². The van der Waals surface area contributed by atoms with Crippen LogP contribution in [0.3, 0.4) is 0 Å². The van der Waals surface area contributed by atoms with Gasteiger partial charge in [0.25, 0.3) is 0 Å². The van der Waals surface area contributed by atoms with E-state index in [1.54, 1.807) is 23.9 Å². The lowest BCUT2D eigenvalue weighted by Gasteiger charge is -2.00. The minimum atomic E-state index is -0.355. The van der Waals surface area contributed by atoms with E-state index in [2.05, 4.69) is 20.3 Å². The van der Waals surface area contributed by atoms with E-state index in [0.717, 1.165) is 16.7 Å². The maximum absolute atomic E-state index is 11.2. The van der Waals surface area contributed by atoms with Gasteiger partial charge in [-0.25, -0.2) is 19.4 Å². The average Bonchev–Trinajstić information content (AvgIpc) is 3.16. The van der Waals surface area contributed by atoms with Crippen molar-refractivity contribution in [3.05, 3.63) is 48.8 Å². The van der Waals surface area contributed by atoms with Crippen molar-refractivity contribution in [2.75, 3.05) is 6.61 Å². The molecule has 0 amide bonds. The number of hydrogen-bond donors (Lipinski definition) is 0. The molecule has 0 N–H and O–H groups in total. The highest BCUT2D eigenvalue weighted by molar-refractivity contribution is 5.81.